The first-order valence-corrected chi connectivity index (χ1v) is 5.71. The summed E-state index contributed by atoms with van der Waals surface area (Å²) in [6, 6.07) is 6.94. The summed E-state index contributed by atoms with van der Waals surface area (Å²) >= 11 is 0. The van der Waals surface area contributed by atoms with Gasteiger partial charge < -0.3 is 15.5 Å². The third kappa shape index (κ3) is 3.03. The standard InChI is InChI=1S/C14H11F2NO3/c15-10-3-1-8(5-11(10)16)7-17-14(20)9-2-4-12(18)13(19)6-9/h1-6,18-19H,7H2,(H,17,20). The number of halogens is 2. The number of phenols is 2. The fourth-order valence-corrected chi connectivity index (χ4v) is 1.60. The lowest BCUT2D eigenvalue weighted by atomic mass is 10.1. The summed E-state index contributed by atoms with van der Waals surface area (Å²) in [7, 11) is 0. The minimum absolute atomic E-state index is 0.0116. The lowest BCUT2D eigenvalue weighted by Crippen LogP contribution is -2.22. The summed E-state index contributed by atoms with van der Waals surface area (Å²) in [6.07, 6.45) is 0. The van der Waals surface area contributed by atoms with Gasteiger partial charge in [-0.1, -0.05) is 6.07 Å². The number of nitrogens with one attached hydrogen (secondary N) is 1. The van der Waals surface area contributed by atoms with Crippen molar-refractivity contribution in [1.29, 1.82) is 0 Å². The van der Waals surface area contributed by atoms with Crippen molar-refractivity contribution in [3.8, 4) is 11.5 Å². The Balaban J connectivity index is 2.04. The van der Waals surface area contributed by atoms with Gasteiger partial charge in [-0.05, 0) is 35.9 Å². The Morgan fingerprint density at radius 2 is 1.75 bits per heavy atom. The fourth-order valence-electron chi connectivity index (χ4n) is 1.60. The molecule has 104 valence electrons. The number of phenolic OH excluding ortho intramolecular Hbond substituents is 2. The molecule has 0 saturated carbocycles. The molecule has 4 nitrogen and oxygen atoms in total. The number of amides is 1. The molecule has 0 saturated heterocycles. The van der Waals surface area contributed by atoms with Gasteiger partial charge in [0.2, 0.25) is 0 Å². The van der Waals surface area contributed by atoms with Crippen LogP contribution in [0.5, 0.6) is 11.5 Å². The maximum Gasteiger partial charge on any atom is 0.251 e. The van der Waals surface area contributed by atoms with Crippen LogP contribution in [-0.4, -0.2) is 16.1 Å². The minimum atomic E-state index is -0.987. The fraction of sp³-hybridized carbons (Fsp3) is 0.0714. The number of hydrogen-bond acceptors (Lipinski definition) is 3. The molecule has 0 aliphatic rings. The minimum Gasteiger partial charge on any atom is -0.504 e. The number of carbonyl (C=O) groups excluding carboxylic acids is 1. The van der Waals surface area contributed by atoms with Gasteiger partial charge in [0.05, 0.1) is 0 Å². The van der Waals surface area contributed by atoms with E-state index in [4.69, 9.17) is 5.11 Å². The van der Waals surface area contributed by atoms with E-state index in [0.29, 0.717) is 5.56 Å². The first kappa shape index (κ1) is 13.8. The van der Waals surface area contributed by atoms with Crippen LogP contribution in [-0.2, 0) is 6.54 Å². The summed E-state index contributed by atoms with van der Waals surface area (Å²) in [6.45, 7) is 0.0116. The molecule has 0 radical (unpaired) electrons. The number of benzene rings is 2. The molecule has 0 aliphatic carbocycles. The highest BCUT2D eigenvalue weighted by molar-refractivity contribution is 5.94. The van der Waals surface area contributed by atoms with E-state index in [-0.39, 0.29) is 17.9 Å². The van der Waals surface area contributed by atoms with Gasteiger partial charge in [-0.3, -0.25) is 4.79 Å². The van der Waals surface area contributed by atoms with Crippen LogP contribution in [0.3, 0.4) is 0 Å². The Morgan fingerprint density at radius 3 is 2.40 bits per heavy atom. The molecule has 0 spiro atoms. The van der Waals surface area contributed by atoms with Crippen molar-refractivity contribution in [2.24, 2.45) is 0 Å². The van der Waals surface area contributed by atoms with E-state index >= 15 is 0 Å². The van der Waals surface area contributed by atoms with Gasteiger partial charge in [-0.15, -0.1) is 0 Å². The van der Waals surface area contributed by atoms with Gasteiger partial charge in [0, 0.05) is 12.1 Å². The third-order valence-corrected chi connectivity index (χ3v) is 2.67. The smallest absolute Gasteiger partial charge is 0.251 e. The average molecular weight is 279 g/mol. The van der Waals surface area contributed by atoms with Crippen LogP contribution in [0.2, 0.25) is 0 Å². The van der Waals surface area contributed by atoms with Gasteiger partial charge in [0.1, 0.15) is 0 Å². The van der Waals surface area contributed by atoms with E-state index in [9.17, 15) is 18.7 Å². The zero-order valence-electron chi connectivity index (χ0n) is 10.2. The molecule has 0 aliphatic heterocycles. The number of carbonyl (C=O) groups is 1. The second-order valence-electron chi connectivity index (χ2n) is 4.13. The normalized spacial score (nSPS) is 10.3. The lowest BCUT2D eigenvalue weighted by molar-refractivity contribution is 0.0950. The highest BCUT2D eigenvalue weighted by atomic mass is 19.2. The predicted octanol–water partition coefficient (Wildman–Crippen LogP) is 2.31. The second-order valence-corrected chi connectivity index (χ2v) is 4.13. The van der Waals surface area contributed by atoms with Crippen molar-refractivity contribution in [1.82, 2.24) is 5.32 Å². The van der Waals surface area contributed by atoms with E-state index in [2.05, 4.69) is 5.32 Å². The van der Waals surface area contributed by atoms with Crippen molar-refractivity contribution in [3.63, 3.8) is 0 Å². The molecular formula is C14H11F2NO3. The van der Waals surface area contributed by atoms with Crippen molar-refractivity contribution in [2.75, 3.05) is 0 Å². The molecule has 0 fully saturated rings. The Kier molecular flexibility index (Phi) is 3.84. The van der Waals surface area contributed by atoms with E-state index in [1.807, 2.05) is 0 Å². The predicted molar refractivity (Wildman–Crippen MR) is 67.3 cm³/mol. The first-order valence-electron chi connectivity index (χ1n) is 5.71. The third-order valence-electron chi connectivity index (χ3n) is 2.67. The van der Waals surface area contributed by atoms with Gasteiger partial charge in [0.15, 0.2) is 23.1 Å². The van der Waals surface area contributed by atoms with Gasteiger partial charge in [0.25, 0.3) is 5.91 Å². The molecule has 2 aromatic rings. The molecule has 2 aromatic carbocycles. The van der Waals surface area contributed by atoms with Gasteiger partial charge in [-0.25, -0.2) is 8.78 Å². The molecule has 6 heteroatoms. The van der Waals surface area contributed by atoms with Crippen LogP contribution >= 0.6 is 0 Å². The Bertz CT molecular complexity index is 659. The second kappa shape index (κ2) is 5.56. The Labute approximate surface area is 113 Å². The Hall–Kier alpha value is -2.63. The van der Waals surface area contributed by atoms with Crippen molar-refractivity contribution < 1.29 is 23.8 Å². The zero-order chi connectivity index (χ0) is 14.7. The molecular weight excluding hydrogens is 268 g/mol. The molecule has 20 heavy (non-hydrogen) atoms. The average Bonchev–Trinajstić information content (AvgIpc) is 2.43. The SMILES string of the molecule is O=C(NCc1ccc(F)c(F)c1)c1ccc(O)c(O)c1. The van der Waals surface area contributed by atoms with Gasteiger partial charge in [-0.2, -0.15) is 0 Å². The van der Waals surface area contributed by atoms with Crippen LogP contribution < -0.4 is 5.32 Å². The lowest BCUT2D eigenvalue weighted by Gasteiger charge is -2.07. The number of aromatic hydroxyl groups is 2. The molecule has 2 rings (SSSR count). The summed E-state index contributed by atoms with van der Waals surface area (Å²) in [4.78, 5) is 11.8. The van der Waals surface area contributed by atoms with Crippen LogP contribution in [0, 0.1) is 11.6 Å². The topological polar surface area (TPSA) is 69.6 Å². The van der Waals surface area contributed by atoms with Crippen molar-refractivity contribution in [3.05, 3.63) is 59.2 Å². The summed E-state index contributed by atoms with van der Waals surface area (Å²) in [5.41, 5.74) is 0.545. The van der Waals surface area contributed by atoms with E-state index in [1.54, 1.807) is 0 Å². The maximum atomic E-state index is 13.0. The number of hydrogen-bond donors (Lipinski definition) is 3. The van der Waals surface area contributed by atoms with Gasteiger partial charge >= 0.3 is 0 Å². The quantitative estimate of drug-likeness (QED) is 0.755. The first-order chi connectivity index (χ1) is 9.47. The molecule has 1 amide bonds. The van der Waals surface area contributed by atoms with Crippen LogP contribution in [0.1, 0.15) is 15.9 Å². The van der Waals surface area contributed by atoms with Crippen LogP contribution in [0.4, 0.5) is 8.78 Å². The number of rotatable bonds is 3. The van der Waals surface area contributed by atoms with E-state index < -0.39 is 23.3 Å². The highest BCUT2D eigenvalue weighted by Crippen LogP contribution is 2.24. The monoisotopic (exact) mass is 279 g/mol. The van der Waals surface area contributed by atoms with Crippen LogP contribution in [0.25, 0.3) is 0 Å². The molecule has 0 atom stereocenters. The molecule has 3 N–H and O–H groups in total. The van der Waals surface area contributed by atoms with Crippen molar-refractivity contribution >= 4 is 5.91 Å². The summed E-state index contributed by atoms with van der Waals surface area (Å²) in [5, 5.41) is 20.9. The maximum absolute atomic E-state index is 13.0. The molecule has 0 aromatic heterocycles. The van der Waals surface area contributed by atoms with E-state index in [0.717, 1.165) is 18.2 Å². The Morgan fingerprint density at radius 1 is 1.00 bits per heavy atom. The summed E-state index contributed by atoms with van der Waals surface area (Å²) in [5.74, 6) is -3.19. The molecule has 0 heterocycles. The largest absolute Gasteiger partial charge is 0.504 e. The van der Waals surface area contributed by atoms with Crippen LogP contribution in [0.15, 0.2) is 36.4 Å². The van der Waals surface area contributed by atoms with E-state index in [1.165, 1.54) is 18.2 Å². The summed E-state index contributed by atoms with van der Waals surface area (Å²) < 4.78 is 25.7. The highest BCUT2D eigenvalue weighted by Gasteiger charge is 2.09. The molecule has 0 unspecified atom stereocenters. The molecule has 0 bridgehead atoms. The zero-order valence-corrected chi connectivity index (χ0v) is 10.2. The van der Waals surface area contributed by atoms with Crippen molar-refractivity contribution in [2.45, 2.75) is 6.54 Å².